The van der Waals surface area contributed by atoms with Gasteiger partial charge in [-0.2, -0.15) is 0 Å². The van der Waals surface area contributed by atoms with Gasteiger partial charge in [-0.3, -0.25) is 0 Å². The maximum atomic E-state index is 13.1. The van der Waals surface area contributed by atoms with Gasteiger partial charge in [-0.15, -0.1) is 11.3 Å². The van der Waals surface area contributed by atoms with Gasteiger partial charge in [0.2, 0.25) is 9.84 Å². The zero-order chi connectivity index (χ0) is 20.0. The predicted molar refractivity (Wildman–Crippen MR) is 124 cm³/mol. The predicted octanol–water partition coefficient (Wildman–Crippen LogP) is 7.32. The van der Waals surface area contributed by atoms with Crippen LogP contribution in [0.2, 0.25) is 0 Å². The van der Waals surface area contributed by atoms with Crippen LogP contribution in [0.3, 0.4) is 0 Å². The summed E-state index contributed by atoms with van der Waals surface area (Å²) >= 11 is 5.11. The Balaban J connectivity index is 1.62. The van der Waals surface area contributed by atoms with Crippen LogP contribution in [0.25, 0.3) is 31.3 Å². The van der Waals surface area contributed by atoms with E-state index in [9.17, 15) is 8.42 Å². The Labute approximate surface area is 181 Å². The van der Waals surface area contributed by atoms with Crippen molar-refractivity contribution in [2.75, 3.05) is 0 Å². The van der Waals surface area contributed by atoms with Crippen molar-refractivity contribution in [3.63, 3.8) is 0 Å². The highest BCUT2D eigenvalue weighted by atomic mass is 79.9. The van der Waals surface area contributed by atoms with Gasteiger partial charge < -0.3 is 0 Å². The van der Waals surface area contributed by atoms with E-state index in [1.54, 1.807) is 47.7 Å². The molecule has 0 amide bonds. The van der Waals surface area contributed by atoms with E-state index in [-0.39, 0.29) is 4.90 Å². The molecule has 1 heterocycles. The third-order valence-corrected chi connectivity index (χ3v) is 8.34. The van der Waals surface area contributed by atoms with E-state index in [1.807, 2.05) is 12.1 Å². The average Bonchev–Trinajstić information content (AvgIpc) is 3.11. The number of hydrogen-bond acceptors (Lipinski definition) is 3. The first-order chi connectivity index (χ1) is 14.0. The fraction of sp³-hybridized carbons (Fsp3) is 0. The molecule has 0 atom stereocenters. The van der Waals surface area contributed by atoms with Gasteiger partial charge in [-0.1, -0.05) is 64.5 Å². The summed E-state index contributed by atoms with van der Waals surface area (Å²) in [6.07, 6.45) is 0. The van der Waals surface area contributed by atoms with Crippen LogP contribution in [-0.4, -0.2) is 8.42 Å². The molecule has 0 aliphatic heterocycles. The fourth-order valence-electron chi connectivity index (χ4n) is 3.52. The first kappa shape index (κ1) is 18.6. The monoisotopic (exact) mass is 478 g/mol. The number of hydrogen-bond donors (Lipinski definition) is 0. The molecule has 0 saturated heterocycles. The summed E-state index contributed by atoms with van der Waals surface area (Å²) in [7, 11) is -3.58. The van der Waals surface area contributed by atoms with Gasteiger partial charge in [0, 0.05) is 24.6 Å². The van der Waals surface area contributed by atoms with E-state index >= 15 is 0 Å². The van der Waals surface area contributed by atoms with Crippen LogP contribution in [0.5, 0.6) is 0 Å². The van der Waals surface area contributed by atoms with Gasteiger partial charge in [0.1, 0.15) is 0 Å². The number of halogens is 1. The molecule has 0 spiro atoms. The molecule has 5 aromatic rings. The molecule has 29 heavy (non-hydrogen) atoms. The quantitative estimate of drug-likeness (QED) is 0.272. The van der Waals surface area contributed by atoms with Gasteiger partial charge in [0.15, 0.2) is 0 Å². The Morgan fingerprint density at radius 2 is 1.31 bits per heavy atom. The minimum absolute atomic E-state index is 0.281. The summed E-state index contributed by atoms with van der Waals surface area (Å²) < 4.78 is 29.4. The van der Waals surface area contributed by atoms with Crippen LogP contribution in [0.4, 0.5) is 0 Å². The standard InChI is InChI=1S/C24H15BrO2S2/c25-18-6-4-8-20(15-18)29(26,27)19-7-3-5-16(13-19)17-11-12-22-21-9-1-2-10-23(21)28-24(22)14-17/h1-15H. The number of thiophene rings is 1. The number of fused-ring (bicyclic) bond motifs is 3. The van der Waals surface area contributed by atoms with Crippen molar-refractivity contribution in [2.45, 2.75) is 9.79 Å². The van der Waals surface area contributed by atoms with Gasteiger partial charge in [-0.05, 0) is 53.6 Å². The molecular weight excluding hydrogens is 464 g/mol. The second-order valence-electron chi connectivity index (χ2n) is 6.80. The molecule has 0 bridgehead atoms. The Kier molecular flexibility index (Phi) is 4.54. The van der Waals surface area contributed by atoms with Crippen LogP contribution in [0.15, 0.2) is 105 Å². The topological polar surface area (TPSA) is 34.1 Å². The molecule has 5 heteroatoms. The fourth-order valence-corrected chi connectivity index (χ4v) is 6.57. The van der Waals surface area contributed by atoms with Crippen LogP contribution < -0.4 is 0 Å². The zero-order valence-corrected chi connectivity index (χ0v) is 18.4. The van der Waals surface area contributed by atoms with Gasteiger partial charge >= 0.3 is 0 Å². The smallest absolute Gasteiger partial charge is 0.206 e. The lowest BCUT2D eigenvalue weighted by atomic mass is 10.0. The zero-order valence-electron chi connectivity index (χ0n) is 15.2. The summed E-state index contributed by atoms with van der Waals surface area (Å²) in [5, 5.41) is 2.48. The summed E-state index contributed by atoms with van der Waals surface area (Å²) in [4.78, 5) is 0.577. The molecule has 2 nitrogen and oxygen atoms in total. The first-order valence-electron chi connectivity index (χ1n) is 9.05. The first-order valence-corrected chi connectivity index (χ1v) is 12.1. The number of benzene rings is 4. The second kappa shape index (κ2) is 7.10. The summed E-state index contributed by atoms with van der Waals surface area (Å²) in [5.74, 6) is 0. The lowest BCUT2D eigenvalue weighted by molar-refractivity contribution is 0.596. The molecule has 142 valence electrons. The lowest BCUT2D eigenvalue weighted by Crippen LogP contribution is -2.02. The molecule has 0 fully saturated rings. The van der Waals surface area contributed by atoms with E-state index in [2.05, 4.69) is 58.4 Å². The maximum Gasteiger partial charge on any atom is 0.206 e. The van der Waals surface area contributed by atoms with E-state index in [0.29, 0.717) is 4.90 Å². The minimum Gasteiger partial charge on any atom is -0.219 e. The summed E-state index contributed by atoms with van der Waals surface area (Å²) in [6.45, 7) is 0. The van der Waals surface area contributed by atoms with Gasteiger partial charge in [0.05, 0.1) is 9.79 Å². The van der Waals surface area contributed by atoms with Gasteiger partial charge in [0.25, 0.3) is 0 Å². The maximum absolute atomic E-state index is 13.1. The van der Waals surface area contributed by atoms with Crippen LogP contribution in [-0.2, 0) is 9.84 Å². The lowest BCUT2D eigenvalue weighted by Gasteiger charge is -2.08. The summed E-state index contributed by atoms with van der Waals surface area (Å²) in [6, 6.07) is 28.7. The SMILES string of the molecule is O=S(=O)(c1cccc(Br)c1)c1cccc(-c2ccc3c(c2)sc2ccccc23)c1. The van der Waals surface area contributed by atoms with Crippen molar-refractivity contribution in [1.82, 2.24) is 0 Å². The molecule has 0 unspecified atom stereocenters. The number of rotatable bonds is 3. The highest BCUT2D eigenvalue weighted by molar-refractivity contribution is 9.10. The van der Waals surface area contributed by atoms with Crippen molar-refractivity contribution >= 4 is 57.3 Å². The average molecular weight is 479 g/mol. The van der Waals surface area contributed by atoms with E-state index in [1.165, 1.54) is 20.2 Å². The van der Waals surface area contributed by atoms with Crippen molar-refractivity contribution in [3.05, 3.63) is 95.5 Å². The normalized spacial score (nSPS) is 11.9. The van der Waals surface area contributed by atoms with Crippen molar-refractivity contribution in [3.8, 4) is 11.1 Å². The Morgan fingerprint density at radius 1 is 0.621 bits per heavy atom. The van der Waals surface area contributed by atoms with Crippen LogP contribution in [0, 0.1) is 0 Å². The Bertz CT molecular complexity index is 1480. The molecule has 4 aromatic carbocycles. The highest BCUT2D eigenvalue weighted by Gasteiger charge is 2.18. The number of sulfone groups is 1. The van der Waals surface area contributed by atoms with Crippen molar-refractivity contribution < 1.29 is 8.42 Å². The second-order valence-corrected chi connectivity index (χ2v) is 10.7. The molecule has 0 radical (unpaired) electrons. The third kappa shape index (κ3) is 3.29. The van der Waals surface area contributed by atoms with E-state index in [0.717, 1.165) is 15.6 Å². The third-order valence-electron chi connectivity index (χ3n) is 4.96. The molecule has 1 aromatic heterocycles. The summed E-state index contributed by atoms with van der Waals surface area (Å²) in [5.41, 5.74) is 1.90. The van der Waals surface area contributed by atoms with Crippen LogP contribution >= 0.6 is 27.3 Å². The molecule has 5 rings (SSSR count). The van der Waals surface area contributed by atoms with Gasteiger partial charge in [-0.25, -0.2) is 8.42 Å². The molecular formula is C24H15BrO2S2. The minimum atomic E-state index is -3.58. The van der Waals surface area contributed by atoms with Crippen LogP contribution in [0.1, 0.15) is 0 Å². The molecule has 0 aliphatic rings. The van der Waals surface area contributed by atoms with Crippen molar-refractivity contribution in [2.24, 2.45) is 0 Å². The Hall–Kier alpha value is -2.47. The highest BCUT2D eigenvalue weighted by Crippen LogP contribution is 2.36. The molecule has 0 N–H and O–H groups in total. The largest absolute Gasteiger partial charge is 0.219 e. The Morgan fingerprint density at radius 3 is 2.14 bits per heavy atom. The molecule has 0 saturated carbocycles. The van der Waals surface area contributed by atoms with E-state index in [4.69, 9.17) is 0 Å². The molecule has 0 aliphatic carbocycles. The van der Waals surface area contributed by atoms with E-state index < -0.39 is 9.84 Å². The van der Waals surface area contributed by atoms with Crippen molar-refractivity contribution in [1.29, 1.82) is 0 Å².